The third-order valence-electron chi connectivity index (χ3n) is 3.85. The minimum Gasteiger partial charge on any atom is -0.406 e. The second-order valence-corrected chi connectivity index (χ2v) is 5.38. The molecule has 1 unspecified atom stereocenters. The van der Waals surface area contributed by atoms with Gasteiger partial charge in [0.15, 0.2) is 0 Å². The van der Waals surface area contributed by atoms with E-state index in [0.29, 0.717) is 5.41 Å². The number of hydrogen-bond acceptors (Lipinski definition) is 3. The second kappa shape index (κ2) is 7.02. The maximum atomic E-state index is 12.1. The van der Waals surface area contributed by atoms with E-state index in [1.165, 1.54) is 12.1 Å². The monoisotopic (exact) mass is 305 g/mol. The summed E-state index contributed by atoms with van der Waals surface area (Å²) in [6.45, 7) is 6.31. The van der Waals surface area contributed by atoms with Crippen LogP contribution in [-0.4, -0.2) is 31.7 Å². The van der Waals surface area contributed by atoms with Crippen molar-refractivity contribution in [3.63, 3.8) is 0 Å². The topological polar surface area (TPSA) is 32.7 Å². The number of aliphatic hydroxyl groups excluding tert-OH is 1. The number of benzene rings is 1. The molecule has 0 aliphatic carbocycles. The number of nitrogens with zero attached hydrogens (tertiary/aromatic N) is 1. The van der Waals surface area contributed by atoms with Gasteiger partial charge in [-0.15, -0.1) is 13.2 Å². The van der Waals surface area contributed by atoms with Crippen LogP contribution in [0, 0.1) is 5.41 Å². The fourth-order valence-electron chi connectivity index (χ4n) is 2.39. The molecule has 1 aromatic carbocycles. The first-order chi connectivity index (χ1) is 9.81. The van der Waals surface area contributed by atoms with Gasteiger partial charge in [-0.25, -0.2) is 0 Å². The first kappa shape index (κ1) is 17.6. The lowest BCUT2D eigenvalue weighted by Gasteiger charge is -2.24. The van der Waals surface area contributed by atoms with Crippen molar-refractivity contribution in [2.45, 2.75) is 33.1 Å². The van der Waals surface area contributed by atoms with E-state index < -0.39 is 6.36 Å². The molecule has 0 spiro atoms. The molecule has 6 heteroatoms. The van der Waals surface area contributed by atoms with Crippen molar-refractivity contribution < 1.29 is 23.0 Å². The smallest absolute Gasteiger partial charge is 0.406 e. The van der Waals surface area contributed by atoms with Crippen molar-refractivity contribution in [3.8, 4) is 5.75 Å². The van der Waals surface area contributed by atoms with Crippen molar-refractivity contribution >= 4 is 5.69 Å². The Morgan fingerprint density at radius 3 is 2.24 bits per heavy atom. The van der Waals surface area contributed by atoms with E-state index in [1.807, 2.05) is 0 Å². The van der Waals surface area contributed by atoms with Crippen LogP contribution in [0.4, 0.5) is 18.9 Å². The van der Waals surface area contributed by atoms with Gasteiger partial charge in [0.1, 0.15) is 5.75 Å². The number of rotatable bonds is 3. The number of ether oxygens (including phenoxy) is 1. The predicted molar refractivity (Wildman–Crippen MR) is 76.5 cm³/mol. The Kier molecular flexibility index (Phi) is 5.89. The van der Waals surface area contributed by atoms with Crippen LogP contribution in [0.1, 0.15) is 26.7 Å². The van der Waals surface area contributed by atoms with Gasteiger partial charge < -0.3 is 14.7 Å². The van der Waals surface area contributed by atoms with Crippen LogP contribution < -0.4 is 9.64 Å². The van der Waals surface area contributed by atoms with Gasteiger partial charge in [0, 0.05) is 25.9 Å². The molecule has 0 bridgehead atoms. The number of anilines is 1. The molecule has 0 radical (unpaired) electrons. The molecular weight excluding hydrogens is 283 g/mol. The molecule has 0 saturated carbocycles. The van der Waals surface area contributed by atoms with Crippen LogP contribution in [0.3, 0.4) is 0 Å². The van der Waals surface area contributed by atoms with E-state index in [2.05, 4.69) is 23.5 Å². The summed E-state index contributed by atoms with van der Waals surface area (Å²) in [5, 5.41) is 7.00. The van der Waals surface area contributed by atoms with Crippen LogP contribution in [0.5, 0.6) is 5.75 Å². The quantitative estimate of drug-likeness (QED) is 0.921. The molecule has 1 N–H and O–H groups in total. The first-order valence-corrected chi connectivity index (χ1v) is 6.87. The highest BCUT2D eigenvalue weighted by Crippen LogP contribution is 2.36. The Morgan fingerprint density at radius 1 is 1.24 bits per heavy atom. The SMILES string of the molecule is CCC1(C)CCN(c2ccc(OC(F)(F)F)cc2)C1.CO. The summed E-state index contributed by atoms with van der Waals surface area (Å²) in [6.07, 6.45) is -2.40. The van der Waals surface area contributed by atoms with Crippen LogP contribution in [0.15, 0.2) is 24.3 Å². The first-order valence-electron chi connectivity index (χ1n) is 6.87. The highest BCUT2D eigenvalue weighted by atomic mass is 19.4. The Hall–Kier alpha value is -1.43. The molecule has 1 aliphatic rings. The Bertz CT molecular complexity index is 434. The minimum absolute atomic E-state index is 0.172. The van der Waals surface area contributed by atoms with Crippen molar-refractivity contribution in [2.75, 3.05) is 25.1 Å². The average Bonchev–Trinajstić information content (AvgIpc) is 2.84. The van der Waals surface area contributed by atoms with Crippen LogP contribution >= 0.6 is 0 Å². The molecule has 21 heavy (non-hydrogen) atoms. The van der Waals surface area contributed by atoms with E-state index in [0.717, 1.165) is 38.7 Å². The third-order valence-corrected chi connectivity index (χ3v) is 3.85. The van der Waals surface area contributed by atoms with Crippen molar-refractivity contribution in [2.24, 2.45) is 5.41 Å². The van der Waals surface area contributed by atoms with Gasteiger partial charge in [-0.3, -0.25) is 0 Å². The molecule has 1 saturated heterocycles. The number of alkyl halides is 3. The summed E-state index contributed by atoms with van der Waals surface area (Å²) in [6, 6.07) is 6.10. The molecule has 2 rings (SSSR count). The van der Waals surface area contributed by atoms with Gasteiger partial charge >= 0.3 is 6.36 Å². The minimum atomic E-state index is -4.63. The van der Waals surface area contributed by atoms with E-state index in [4.69, 9.17) is 5.11 Å². The molecule has 1 aliphatic heterocycles. The average molecular weight is 305 g/mol. The van der Waals surface area contributed by atoms with Crippen LogP contribution in [0.2, 0.25) is 0 Å². The Balaban J connectivity index is 0.00000106. The fraction of sp³-hybridized carbons (Fsp3) is 0.600. The summed E-state index contributed by atoms with van der Waals surface area (Å²) >= 11 is 0. The normalized spacial score (nSPS) is 21.8. The largest absolute Gasteiger partial charge is 0.573 e. The summed E-state index contributed by atoms with van der Waals surface area (Å²) in [5.74, 6) is -0.172. The standard InChI is InChI=1S/C14H18F3NO.CH4O/c1-3-13(2)8-9-18(10-13)11-4-6-12(7-5-11)19-14(15,16)17;1-2/h4-7H,3,8-10H2,1-2H3;2H,1H3. The summed E-state index contributed by atoms with van der Waals surface area (Å²) < 4.78 is 40.0. The number of aliphatic hydroxyl groups is 1. The van der Waals surface area contributed by atoms with Crippen molar-refractivity contribution in [1.29, 1.82) is 0 Å². The lowest BCUT2D eigenvalue weighted by atomic mass is 9.87. The maximum Gasteiger partial charge on any atom is 0.573 e. The Labute approximate surface area is 123 Å². The van der Waals surface area contributed by atoms with E-state index in [9.17, 15) is 13.2 Å². The van der Waals surface area contributed by atoms with Gasteiger partial charge in [0.2, 0.25) is 0 Å². The van der Waals surface area contributed by atoms with Crippen LogP contribution in [0.25, 0.3) is 0 Å². The second-order valence-electron chi connectivity index (χ2n) is 5.38. The number of hydrogen-bond donors (Lipinski definition) is 1. The van der Waals surface area contributed by atoms with Crippen LogP contribution in [-0.2, 0) is 0 Å². The summed E-state index contributed by atoms with van der Waals surface area (Å²) in [5.41, 5.74) is 1.26. The summed E-state index contributed by atoms with van der Waals surface area (Å²) in [7, 11) is 1.00. The molecule has 1 aromatic rings. The third kappa shape index (κ3) is 5.12. The molecule has 1 heterocycles. The fourth-order valence-corrected chi connectivity index (χ4v) is 2.39. The van der Waals surface area contributed by atoms with Gasteiger partial charge in [-0.2, -0.15) is 0 Å². The molecule has 0 amide bonds. The lowest BCUT2D eigenvalue weighted by molar-refractivity contribution is -0.274. The zero-order chi connectivity index (χ0) is 16.1. The molecule has 1 fully saturated rings. The van der Waals surface area contributed by atoms with E-state index in [1.54, 1.807) is 12.1 Å². The van der Waals surface area contributed by atoms with Gasteiger partial charge in [0.05, 0.1) is 0 Å². The predicted octanol–water partition coefficient (Wildman–Crippen LogP) is 3.82. The van der Waals surface area contributed by atoms with Crippen molar-refractivity contribution in [3.05, 3.63) is 24.3 Å². The highest BCUT2D eigenvalue weighted by molar-refractivity contribution is 5.50. The molecule has 0 aromatic heterocycles. The van der Waals surface area contributed by atoms with E-state index >= 15 is 0 Å². The maximum absolute atomic E-state index is 12.1. The highest BCUT2D eigenvalue weighted by Gasteiger charge is 2.33. The number of halogens is 3. The van der Waals surface area contributed by atoms with Gasteiger partial charge in [0.25, 0.3) is 0 Å². The zero-order valence-corrected chi connectivity index (χ0v) is 12.6. The molecule has 120 valence electrons. The lowest BCUT2D eigenvalue weighted by Crippen LogP contribution is -2.24. The van der Waals surface area contributed by atoms with E-state index in [-0.39, 0.29) is 5.75 Å². The van der Waals surface area contributed by atoms with Gasteiger partial charge in [-0.1, -0.05) is 13.8 Å². The zero-order valence-electron chi connectivity index (χ0n) is 12.6. The molecular formula is C15H22F3NO2. The van der Waals surface area contributed by atoms with Gasteiger partial charge in [-0.05, 0) is 42.5 Å². The summed E-state index contributed by atoms with van der Waals surface area (Å²) in [4.78, 5) is 2.21. The van der Waals surface area contributed by atoms with Crippen molar-refractivity contribution in [1.82, 2.24) is 0 Å². The molecule has 3 nitrogen and oxygen atoms in total. The molecule has 1 atom stereocenters. The Morgan fingerprint density at radius 2 is 1.81 bits per heavy atom.